The van der Waals surface area contributed by atoms with Crippen LogP contribution in [0.4, 0.5) is 5.95 Å². The molecule has 0 amide bonds. The summed E-state index contributed by atoms with van der Waals surface area (Å²) in [4.78, 5) is 9.33. The molecule has 0 unspecified atom stereocenters. The van der Waals surface area contributed by atoms with Crippen LogP contribution < -0.4 is 4.72 Å². The Hall–Kier alpha value is -0.980. The first-order valence-electron chi connectivity index (χ1n) is 5.61. The van der Waals surface area contributed by atoms with E-state index >= 15 is 0 Å². The minimum atomic E-state index is 0.181. The number of halogens is 2. The molecule has 0 radical (unpaired) electrons. The van der Waals surface area contributed by atoms with E-state index < -0.39 is 0 Å². The summed E-state index contributed by atoms with van der Waals surface area (Å²) in [6, 6.07) is 0. The first kappa shape index (κ1) is 14.4. The molecule has 0 spiro atoms. The summed E-state index contributed by atoms with van der Waals surface area (Å²) in [5, 5.41) is 4.82. The zero-order chi connectivity index (χ0) is 14.0. The van der Waals surface area contributed by atoms with Crippen LogP contribution in [0.1, 0.15) is 25.3 Å². The van der Waals surface area contributed by atoms with Crippen LogP contribution in [-0.2, 0) is 7.05 Å². The molecule has 0 aromatic carbocycles. The lowest BCUT2D eigenvalue weighted by molar-refractivity contribution is 0.766. The van der Waals surface area contributed by atoms with E-state index in [9.17, 15) is 0 Å². The minimum Gasteiger partial charge on any atom is -0.294 e. The molecule has 2 aromatic rings. The summed E-state index contributed by atoms with van der Waals surface area (Å²) in [6.07, 6.45) is 3.62. The first-order chi connectivity index (χ1) is 8.97. The maximum absolute atomic E-state index is 6.11. The Bertz CT molecular complexity index is 561. The fourth-order valence-electron chi connectivity index (χ4n) is 1.49. The molecule has 2 aromatic heterocycles. The number of hydrogen-bond acceptors (Lipinski definition) is 5. The van der Waals surface area contributed by atoms with Crippen LogP contribution in [0.15, 0.2) is 17.3 Å². The number of aromatic nitrogens is 4. The van der Waals surface area contributed by atoms with Gasteiger partial charge in [-0.25, -0.2) is 0 Å². The molecule has 0 bridgehead atoms. The highest BCUT2D eigenvalue weighted by molar-refractivity contribution is 8.00. The zero-order valence-corrected chi connectivity index (χ0v) is 13.0. The van der Waals surface area contributed by atoms with E-state index in [0.717, 1.165) is 10.5 Å². The summed E-state index contributed by atoms with van der Waals surface area (Å²) in [5.41, 5.74) is 0.764. The predicted octanol–water partition coefficient (Wildman–Crippen LogP) is 3.76. The van der Waals surface area contributed by atoms with Crippen LogP contribution in [0.2, 0.25) is 10.3 Å². The van der Waals surface area contributed by atoms with E-state index in [-0.39, 0.29) is 5.92 Å². The summed E-state index contributed by atoms with van der Waals surface area (Å²) >= 11 is 13.6. The second-order valence-corrected chi connectivity index (χ2v) is 5.85. The molecule has 1 N–H and O–H groups in total. The van der Waals surface area contributed by atoms with Crippen molar-refractivity contribution in [1.82, 2.24) is 19.7 Å². The summed E-state index contributed by atoms with van der Waals surface area (Å²) in [6.45, 7) is 3.99. The number of nitrogens with zero attached hydrogens (tertiary/aromatic N) is 4. The summed E-state index contributed by atoms with van der Waals surface area (Å²) in [5.74, 6) is 0.563. The Morgan fingerprint density at radius 1 is 1.26 bits per heavy atom. The van der Waals surface area contributed by atoms with Gasteiger partial charge < -0.3 is 0 Å². The van der Waals surface area contributed by atoms with E-state index in [0.29, 0.717) is 16.3 Å². The predicted molar refractivity (Wildman–Crippen MR) is 78.8 cm³/mol. The SMILES string of the molecule is CC(C)c1c(Cl)nc(NSc2cnn(C)c2)nc1Cl. The van der Waals surface area contributed by atoms with Crippen LogP contribution >= 0.6 is 35.1 Å². The van der Waals surface area contributed by atoms with E-state index in [4.69, 9.17) is 23.2 Å². The standard InChI is InChI=1S/C11H13Cl2N5S/c1-6(2)8-9(12)15-11(16-10(8)13)17-19-7-4-14-18(3)5-7/h4-6H,1-3H3,(H,15,16,17). The number of anilines is 1. The highest BCUT2D eigenvalue weighted by Crippen LogP contribution is 2.30. The Morgan fingerprint density at radius 2 is 1.89 bits per heavy atom. The number of rotatable bonds is 4. The molecule has 2 rings (SSSR count). The van der Waals surface area contributed by atoms with E-state index in [1.807, 2.05) is 27.1 Å². The second kappa shape index (κ2) is 5.98. The average Bonchev–Trinajstić information content (AvgIpc) is 2.71. The van der Waals surface area contributed by atoms with Gasteiger partial charge in [0.05, 0.1) is 11.1 Å². The van der Waals surface area contributed by atoms with Crippen molar-refractivity contribution in [3.8, 4) is 0 Å². The normalized spacial score (nSPS) is 11.1. The van der Waals surface area contributed by atoms with Crippen LogP contribution in [0, 0.1) is 0 Å². The zero-order valence-electron chi connectivity index (χ0n) is 10.7. The van der Waals surface area contributed by atoms with Crippen LogP contribution in [0.3, 0.4) is 0 Å². The third kappa shape index (κ3) is 3.52. The van der Waals surface area contributed by atoms with Gasteiger partial charge in [-0.1, -0.05) is 37.0 Å². The largest absolute Gasteiger partial charge is 0.294 e. The molecule has 0 fully saturated rings. The van der Waals surface area contributed by atoms with Crippen molar-refractivity contribution in [3.63, 3.8) is 0 Å². The van der Waals surface area contributed by atoms with Crippen LogP contribution in [0.25, 0.3) is 0 Å². The number of aryl methyl sites for hydroxylation is 1. The van der Waals surface area contributed by atoms with Gasteiger partial charge in [0, 0.05) is 18.8 Å². The highest BCUT2D eigenvalue weighted by Gasteiger charge is 2.14. The van der Waals surface area contributed by atoms with Gasteiger partial charge in [0.2, 0.25) is 5.95 Å². The van der Waals surface area contributed by atoms with Crippen molar-refractivity contribution in [2.45, 2.75) is 24.7 Å². The second-order valence-electron chi connectivity index (χ2n) is 4.25. The third-order valence-electron chi connectivity index (χ3n) is 2.37. The molecule has 0 aliphatic carbocycles. The molecule has 0 aliphatic rings. The maximum atomic E-state index is 6.11. The average molecular weight is 318 g/mol. The van der Waals surface area contributed by atoms with Gasteiger partial charge in [0.15, 0.2) is 0 Å². The number of hydrogen-bond donors (Lipinski definition) is 1. The molecule has 0 saturated carbocycles. The number of nitrogens with one attached hydrogen (secondary N) is 1. The molecule has 2 heterocycles. The van der Waals surface area contributed by atoms with Crippen LogP contribution in [-0.4, -0.2) is 19.7 Å². The molecule has 5 nitrogen and oxygen atoms in total. The van der Waals surface area contributed by atoms with Crippen molar-refractivity contribution in [2.75, 3.05) is 4.72 Å². The lowest BCUT2D eigenvalue weighted by Crippen LogP contribution is -2.01. The Balaban J connectivity index is 2.13. The fourth-order valence-corrected chi connectivity index (χ4v) is 2.92. The van der Waals surface area contributed by atoms with Crippen molar-refractivity contribution in [1.29, 1.82) is 0 Å². The van der Waals surface area contributed by atoms with Gasteiger partial charge in [-0.05, 0) is 17.9 Å². The van der Waals surface area contributed by atoms with Crippen LogP contribution in [0.5, 0.6) is 0 Å². The smallest absolute Gasteiger partial charge is 0.236 e. The third-order valence-corrected chi connectivity index (χ3v) is 3.68. The molecular weight excluding hydrogens is 305 g/mol. The van der Waals surface area contributed by atoms with Gasteiger partial charge in [-0.3, -0.25) is 9.40 Å². The van der Waals surface area contributed by atoms with E-state index in [1.54, 1.807) is 10.9 Å². The Labute approximate surface area is 125 Å². The lowest BCUT2D eigenvalue weighted by atomic mass is 10.1. The molecule has 0 aliphatic heterocycles. The van der Waals surface area contributed by atoms with E-state index in [2.05, 4.69) is 19.8 Å². The van der Waals surface area contributed by atoms with Crippen molar-refractivity contribution < 1.29 is 0 Å². The Kier molecular flexibility index (Phi) is 4.54. The molecule has 102 valence electrons. The Morgan fingerprint density at radius 3 is 2.37 bits per heavy atom. The van der Waals surface area contributed by atoms with Crippen molar-refractivity contribution >= 4 is 41.1 Å². The first-order valence-corrected chi connectivity index (χ1v) is 7.19. The quantitative estimate of drug-likeness (QED) is 0.687. The fraction of sp³-hybridized carbons (Fsp3) is 0.364. The van der Waals surface area contributed by atoms with Gasteiger partial charge in [-0.15, -0.1) is 0 Å². The van der Waals surface area contributed by atoms with Gasteiger partial charge >= 0.3 is 0 Å². The van der Waals surface area contributed by atoms with Gasteiger partial charge in [0.25, 0.3) is 0 Å². The van der Waals surface area contributed by atoms with Gasteiger partial charge in [-0.2, -0.15) is 15.1 Å². The lowest BCUT2D eigenvalue weighted by Gasteiger charge is -2.11. The highest BCUT2D eigenvalue weighted by atomic mass is 35.5. The molecule has 0 saturated heterocycles. The maximum Gasteiger partial charge on any atom is 0.236 e. The summed E-state index contributed by atoms with van der Waals surface area (Å²) in [7, 11) is 1.85. The summed E-state index contributed by atoms with van der Waals surface area (Å²) < 4.78 is 4.71. The molecular formula is C11H13Cl2N5S. The molecule has 8 heteroatoms. The van der Waals surface area contributed by atoms with E-state index in [1.165, 1.54) is 11.9 Å². The topological polar surface area (TPSA) is 55.6 Å². The molecule has 19 heavy (non-hydrogen) atoms. The molecule has 0 atom stereocenters. The van der Waals surface area contributed by atoms with Gasteiger partial charge in [0.1, 0.15) is 10.3 Å². The van der Waals surface area contributed by atoms with Crippen molar-refractivity contribution in [2.24, 2.45) is 7.05 Å². The minimum absolute atomic E-state index is 0.181. The van der Waals surface area contributed by atoms with Crippen molar-refractivity contribution in [3.05, 3.63) is 28.3 Å². The monoisotopic (exact) mass is 317 g/mol.